The van der Waals surface area contributed by atoms with Crippen LogP contribution in [0.3, 0.4) is 0 Å². The number of ether oxygens (including phenoxy) is 4. The van der Waals surface area contributed by atoms with Crippen LogP contribution in [0.25, 0.3) is 0 Å². The maximum atomic E-state index is 12.8. The molecule has 6 atom stereocenters. The summed E-state index contributed by atoms with van der Waals surface area (Å²) in [6.07, 6.45) is -1.78. The van der Waals surface area contributed by atoms with Gasteiger partial charge in [-0.1, -0.05) is 6.07 Å². The topological polar surface area (TPSA) is 152 Å². The molecule has 2 heterocycles. The highest BCUT2D eigenvalue weighted by molar-refractivity contribution is 5.83. The number of carbonyl (C=O) groups excluding carboxylic acids is 2. The van der Waals surface area contributed by atoms with Crippen LogP contribution < -0.4 is 9.47 Å². The van der Waals surface area contributed by atoms with E-state index in [-0.39, 0.29) is 18.2 Å². The predicted molar refractivity (Wildman–Crippen MR) is 121 cm³/mol. The van der Waals surface area contributed by atoms with Crippen molar-refractivity contribution < 1.29 is 48.7 Å². The highest BCUT2D eigenvalue weighted by Gasteiger charge is 2.72. The minimum atomic E-state index is -1.93. The summed E-state index contributed by atoms with van der Waals surface area (Å²) >= 11 is 0. The van der Waals surface area contributed by atoms with Crippen molar-refractivity contribution in [1.82, 2.24) is 4.90 Å². The van der Waals surface area contributed by atoms with Gasteiger partial charge < -0.3 is 39.2 Å². The van der Waals surface area contributed by atoms with Crippen molar-refractivity contribution >= 4 is 17.9 Å². The number of carboxylic acid groups (broad SMARTS) is 1. The van der Waals surface area contributed by atoms with E-state index in [0.29, 0.717) is 30.9 Å². The molecule has 1 saturated heterocycles. The normalized spacial score (nSPS) is 31.3. The molecule has 2 aliphatic carbocycles. The maximum absolute atomic E-state index is 12.8. The van der Waals surface area contributed by atoms with Crippen LogP contribution in [0.15, 0.2) is 24.0 Å². The summed E-state index contributed by atoms with van der Waals surface area (Å²) in [5.41, 5.74) is -0.0582. The zero-order chi connectivity index (χ0) is 26.0. The van der Waals surface area contributed by atoms with E-state index >= 15 is 0 Å². The summed E-state index contributed by atoms with van der Waals surface area (Å²) in [5, 5.41) is 30.2. The lowest BCUT2D eigenvalue weighted by Gasteiger charge is -2.61. The van der Waals surface area contributed by atoms with Crippen molar-refractivity contribution in [2.45, 2.75) is 68.0 Å². The van der Waals surface area contributed by atoms with Crippen LogP contribution in [-0.2, 0) is 35.7 Å². The highest BCUT2D eigenvalue weighted by atomic mass is 16.6. The Bertz CT molecular complexity index is 1160. The Morgan fingerprint density at radius 3 is 2.75 bits per heavy atom. The first-order valence-electron chi connectivity index (χ1n) is 11.8. The Morgan fingerprint density at radius 1 is 1.31 bits per heavy atom. The first kappa shape index (κ1) is 24.5. The molecule has 5 rings (SSSR count). The fourth-order valence-corrected chi connectivity index (χ4v) is 6.33. The lowest BCUT2D eigenvalue weighted by molar-refractivity contribution is -0.176. The number of piperidine rings is 1. The fourth-order valence-electron chi connectivity index (χ4n) is 6.33. The van der Waals surface area contributed by atoms with E-state index in [1.807, 2.05) is 19.2 Å². The lowest BCUT2D eigenvalue weighted by Crippen LogP contribution is -2.74. The van der Waals surface area contributed by atoms with Gasteiger partial charge in [0.25, 0.3) is 0 Å². The number of rotatable bonds is 7. The van der Waals surface area contributed by atoms with Crippen molar-refractivity contribution in [1.29, 1.82) is 0 Å². The van der Waals surface area contributed by atoms with E-state index in [4.69, 9.17) is 24.1 Å². The van der Waals surface area contributed by atoms with Crippen LogP contribution in [0.1, 0.15) is 37.3 Å². The van der Waals surface area contributed by atoms with Gasteiger partial charge in [0.1, 0.15) is 5.76 Å². The van der Waals surface area contributed by atoms with Crippen LogP contribution in [0.5, 0.6) is 11.5 Å². The van der Waals surface area contributed by atoms with Crippen molar-refractivity contribution in [2.24, 2.45) is 0 Å². The molecule has 2 bridgehead atoms. The number of benzene rings is 1. The van der Waals surface area contributed by atoms with Gasteiger partial charge in [-0.05, 0) is 51.1 Å². The second-order valence-electron chi connectivity index (χ2n) is 9.90. The lowest BCUT2D eigenvalue weighted by atomic mass is 9.50. The molecule has 2 unspecified atom stereocenters. The second-order valence-corrected chi connectivity index (χ2v) is 9.90. The fraction of sp³-hybridized carbons (Fsp3) is 0.560. The van der Waals surface area contributed by atoms with Gasteiger partial charge in [-0.25, -0.2) is 9.59 Å². The van der Waals surface area contributed by atoms with Crippen LogP contribution in [0, 0.1) is 0 Å². The van der Waals surface area contributed by atoms with E-state index in [2.05, 4.69) is 4.90 Å². The number of aliphatic carboxylic acids is 1. The third-order valence-corrected chi connectivity index (χ3v) is 8.06. The number of carboxylic acids is 1. The largest absolute Gasteiger partial charge is 0.493 e. The molecule has 0 amide bonds. The minimum absolute atomic E-state index is 0.154. The van der Waals surface area contributed by atoms with Gasteiger partial charge in [0.15, 0.2) is 29.8 Å². The molecule has 0 saturated carbocycles. The number of carbonyl (C=O) groups is 3. The monoisotopic (exact) mass is 503 g/mol. The zero-order valence-corrected chi connectivity index (χ0v) is 20.2. The molecule has 0 aromatic heterocycles. The van der Waals surface area contributed by atoms with Crippen molar-refractivity contribution in [2.75, 3.05) is 20.7 Å². The summed E-state index contributed by atoms with van der Waals surface area (Å²) in [4.78, 5) is 37.7. The molecule has 1 aromatic carbocycles. The number of hydrogen-bond donors (Lipinski definition) is 3. The van der Waals surface area contributed by atoms with Gasteiger partial charge in [0, 0.05) is 18.0 Å². The van der Waals surface area contributed by atoms with Crippen LogP contribution >= 0.6 is 0 Å². The number of nitrogens with zero attached hydrogens (tertiary/aromatic N) is 1. The zero-order valence-electron chi connectivity index (χ0n) is 20.2. The molecule has 2 aliphatic heterocycles. The van der Waals surface area contributed by atoms with Crippen LogP contribution in [0.2, 0.25) is 0 Å². The van der Waals surface area contributed by atoms with Crippen molar-refractivity contribution in [3.63, 3.8) is 0 Å². The van der Waals surface area contributed by atoms with E-state index < -0.39 is 53.7 Å². The minimum Gasteiger partial charge on any atom is -0.493 e. The number of likely N-dealkylation sites (tertiary alicyclic amines) is 1. The first-order valence-corrected chi connectivity index (χ1v) is 11.8. The van der Waals surface area contributed by atoms with E-state index in [0.717, 1.165) is 11.1 Å². The molecule has 1 aromatic rings. The standard InChI is InChI=1S/C25H29NO10/c1-12(34-18(28)11-14(27)22(29)30)23(31)35-16-6-7-25(32)17-10-13-4-5-15(33-3)20-19(13)24(25,21(16)36-20)8-9-26(17)2/h4-6,12,14,17,21,27,32H,7-11H2,1-3H3,(H,29,30)/t12-,14-,17+,21?,24?,25+/m0/s1. The molecule has 3 N–H and O–H groups in total. The van der Waals surface area contributed by atoms with Gasteiger partial charge in [-0.15, -0.1) is 0 Å². The number of aliphatic hydroxyl groups excluding tert-OH is 1. The molecular weight excluding hydrogens is 474 g/mol. The van der Waals surface area contributed by atoms with Gasteiger partial charge in [0.2, 0.25) is 0 Å². The molecule has 0 radical (unpaired) electrons. The molecule has 11 nitrogen and oxygen atoms in total. The molecule has 36 heavy (non-hydrogen) atoms. The predicted octanol–water partition coefficient (Wildman–Crippen LogP) is 0.283. The quantitative estimate of drug-likeness (QED) is 0.440. The molecule has 1 spiro atoms. The SMILES string of the molecule is COc1ccc2c3c1OC1C(OC(=O)[C@H](C)OC(=O)C[C@H](O)C(=O)O)=CC[C@@]4(O)[C@@H](C2)N(C)CCC314. The molecular formula is C25H29NO10. The summed E-state index contributed by atoms with van der Waals surface area (Å²) in [7, 11) is 3.54. The van der Waals surface area contributed by atoms with Crippen LogP contribution in [0.4, 0.5) is 0 Å². The van der Waals surface area contributed by atoms with Gasteiger partial charge in [-0.3, -0.25) is 4.79 Å². The average molecular weight is 504 g/mol. The summed E-state index contributed by atoms with van der Waals surface area (Å²) < 4.78 is 22.6. The smallest absolute Gasteiger partial charge is 0.352 e. The number of esters is 2. The van der Waals surface area contributed by atoms with Gasteiger partial charge >= 0.3 is 17.9 Å². The molecule has 11 heteroatoms. The summed E-state index contributed by atoms with van der Waals surface area (Å²) in [6, 6.07) is 3.68. The Balaban J connectivity index is 1.44. The van der Waals surface area contributed by atoms with Crippen LogP contribution in [-0.4, -0.2) is 88.8 Å². The van der Waals surface area contributed by atoms with Crippen molar-refractivity contribution in [3.05, 3.63) is 35.1 Å². The number of hydrogen-bond acceptors (Lipinski definition) is 10. The number of likely N-dealkylation sites (N-methyl/N-ethyl adjacent to an activating group) is 1. The van der Waals surface area contributed by atoms with Crippen molar-refractivity contribution in [3.8, 4) is 11.5 Å². The second kappa shape index (κ2) is 8.46. The third-order valence-electron chi connectivity index (χ3n) is 8.06. The third kappa shape index (κ3) is 3.33. The highest BCUT2D eigenvalue weighted by Crippen LogP contribution is 2.65. The Hall–Kier alpha value is -3.15. The van der Waals surface area contributed by atoms with E-state index in [1.54, 1.807) is 13.2 Å². The summed E-state index contributed by atoms with van der Waals surface area (Å²) in [6.45, 7) is 2.01. The number of methoxy groups -OCH3 is 1. The molecule has 4 aliphatic rings. The number of aliphatic hydroxyl groups is 2. The van der Waals surface area contributed by atoms with Gasteiger partial charge in [-0.2, -0.15) is 0 Å². The van der Waals surface area contributed by atoms with E-state index in [9.17, 15) is 24.6 Å². The Kier molecular flexibility index (Phi) is 5.77. The average Bonchev–Trinajstić information content (AvgIpc) is 3.18. The Morgan fingerprint density at radius 2 is 2.06 bits per heavy atom. The molecule has 1 fully saturated rings. The first-order chi connectivity index (χ1) is 17.0. The maximum Gasteiger partial charge on any atom is 0.352 e. The van der Waals surface area contributed by atoms with Gasteiger partial charge in [0.05, 0.1) is 24.5 Å². The Labute approximate surface area is 207 Å². The summed E-state index contributed by atoms with van der Waals surface area (Å²) in [5.74, 6) is -2.22. The molecule has 194 valence electrons. The van der Waals surface area contributed by atoms with E-state index in [1.165, 1.54) is 6.92 Å².